The third kappa shape index (κ3) is 2.75. The molecular formula is C18H25N3O. The molecule has 1 aliphatic heterocycles. The fourth-order valence-corrected chi connectivity index (χ4v) is 3.39. The van der Waals surface area contributed by atoms with Crippen molar-refractivity contribution in [2.24, 2.45) is 7.05 Å². The van der Waals surface area contributed by atoms with Gasteiger partial charge >= 0.3 is 0 Å². The van der Waals surface area contributed by atoms with E-state index in [-0.39, 0.29) is 6.10 Å². The van der Waals surface area contributed by atoms with Crippen LogP contribution in [0.2, 0.25) is 0 Å². The SMILES string of the molecule is CC[C@H](NC[C@H]1Cc2ccccc2O1)c1c(C)nn(C)c1C. The highest BCUT2D eigenvalue weighted by atomic mass is 16.5. The number of para-hydroxylation sites is 1. The second-order valence-electron chi connectivity index (χ2n) is 6.13. The number of ether oxygens (including phenoxy) is 1. The molecule has 1 N–H and O–H groups in total. The van der Waals surface area contributed by atoms with Crippen molar-refractivity contribution < 1.29 is 4.74 Å². The van der Waals surface area contributed by atoms with Crippen LogP contribution in [0.4, 0.5) is 0 Å². The third-order valence-electron chi connectivity index (χ3n) is 4.63. The van der Waals surface area contributed by atoms with Gasteiger partial charge in [0.15, 0.2) is 0 Å². The molecule has 4 heteroatoms. The van der Waals surface area contributed by atoms with Gasteiger partial charge in [0.05, 0.1) is 5.69 Å². The average Bonchev–Trinajstić information content (AvgIpc) is 3.03. The summed E-state index contributed by atoms with van der Waals surface area (Å²) in [5, 5.41) is 8.22. The highest BCUT2D eigenvalue weighted by Gasteiger charge is 2.24. The van der Waals surface area contributed by atoms with Crippen LogP contribution in [0.15, 0.2) is 24.3 Å². The van der Waals surface area contributed by atoms with Crippen LogP contribution < -0.4 is 10.1 Å². The Morgan fingerprint density at radius 3 is 2.77 bits per heavy atom. The first-order valence-electron chi connectivity index (χ1n) is 8.08. The molecule has 118 valence electrons. The van der Waals surface area contributed by atoms with E-state index < -0.39 is 0 Å². The van der Waals surface area contributed by atoms with Crippen LogP contribution >= 0.6 is 0 Å². The molecule has 1 aliphatic rings. The average molecular weight is 299 g/mol. The minimum absolute atomic E-state index is 0.226. The number of benzene rings is 1. The monoisotopic (exact) mass is 299 g/mol. The Kier molecular flexibility index (Phi) is 4.21. The van der Waals surface area contributed by atoms with Gasteiger partial charge in [-0.3, -0.25) is 4.68 Å². The summed E-state index contributed by atoms with van der Waals surface area (Å²) >= 11 is 0. The molecule has 22 heavy (non-hydrogen) atoms. The molecular weight excluding hydrogens is 274 g/mol. The molecule has 0 saturated carbocycles. The van der Waals surface area contributed by atoms with Gasteiger partial charge in [-0.2, -0.15) is 5.10 Å². The van der Waals surface area contributed by atoms with Crippen molar-refractivity contribution >= 4 is 0 Å². The fraction of sp³-hybridized carbons (Fsp3) is 0.500. The molecule has 0 fully saturated rings. The number of aromatic nitrogens is 2. The summed E-state index contributed by atoms with van der Waals surface area (Å²) in [6, 6.07) is 8.66. The standard InChI is InChI=1S/C18H25N3O/c1-5-16(18-12(2)20-21(4)13(18)3)19-11-15-10-14-8-6-7-9-17(14)22-15/h6-9,15-16,19H,5,10-11H2,1-4H3/t15-,16+/m1/s1. The third-order valence-corrected chi connectivity index (χ3v) is 4.63. The van der Waals surface area contributed by atoms with E-state index >= 15 is 0 Å². The lowest BCUT2D eigenvalue weighted by molar-refractivity contribution is 0.220. The Hall–Kier alpha value is -1.81. The van der Waals surface area contributed by atoms with Crippen LogP contribution in [-0.2, 0) is 13.5 Å². The van der Waals surface area contributed by atoms with Crippen molar-refractivity contribution in [2.75, 3.05) is 6.54 Å². The molecule has 0 unspecified atom stereocenters. The van der Waals surface area contributed by atoms with Gasteiger partial charge in [-0.1, -0.05) is 25.1 Å². The predicted molar refractivity (Wildman–Crippen MR) is 88.3 cm³/mol. The van der Waals surface area contributed by atoms with Crippen LogP contribution in [0.5, 0.6) is 5.75 Å². The summed E-state index contributed by atoms with van der Waals surface area (Å²) in [5.74, 6) is 1.04. The van der Waals surface area contributed by atoms with Crippen molar-refractivity contribution in [3.63, 3.8) is 0 Å². The van der Waals surface area contributed by atoms with E-state index in [1.165, 1.54) is 16.8 Å². The van der Waals surface area contributed by atoms with Gasteiger partial charge in [0, 0.05) is 37.3 Å². The van der Waals surface area contributed by atoms with Crippen molar-refractivity contribution in [1.29, 1.82) is 0 Å². The largest absolute Gasteiger partial charge is 0.488 e. The van der Waals surface area contributed by atoms with Crippen molar-refractivity contribution in [1.82, 2.24) is 15.1 Å². The van der Waals surface area contributed by atoms with Gasteiger partial charge < -0.3 is 10.1 Å². The molecule has 2 atom stereocenters. The van der Waals surface area contributed by atoms with Crippen LogP contribution in [-0.4, -0.2) is 22.4 Å². The minimum atomic E-state index is 0.226. The second-order valence-corrected chi connectivity index (χ2v) is 6.13. The van der Waals surface area contributed by atoms with E-state index in [1.54, 1.807) is 0 Å². The molecule has 0 spiro atoms. The van der Waals surface area contributed by atoms with E-state index in [4.69, 9.17) is 4.74 Å². The predicted octanol–water partition coefficient (Wildman–Crippen LogP) is 3.08. The molecule has 1 aromatic heterocycles. The molecule has 0 saturated heterocycles. The molecule has 1 aromatic carbocycles. The van der Waals surface area contributed by atoms with E-state index in [2.05, 4.69) is 49.4 Å². The van der Waals surface area contributed by atoms with Crippen LogP contribution in [0.1, 0.15) is 41.9 Å². The van der Waals surface area contributed by atoms with Gasteiger partial charge in [0.1, 0.15) is 11.9 Å². The molecule has 3 rings (SSSR count). The zero-order chi connectivity index (χ0) is 15.7. The van der Waals surface area contributed by atoms with Crippen LogP contribution in [0.3, 0.4) is 0 Å². The van der Waals surface area contributed by atoms with E-state index in [1.807, 2.05) is 17.8 Å². The van der Waals surface area contributed by atoms with Crippen molar-refractivity contribution in [2.45, 2.75) is 45.8 Å². The summed E-state index contributed by atoms with van der Waals surface area (Å²) in [4.78, 5) is 0. The molecule has 0 aliphatic carbocycles. The number of hydrogen-bond acceptors (Lipinski definition) is 3. The van der Waals surface area contributed by atoms with Gasteiger partial charge in [-0.15, -0.1) is 0 Å². The zero-order valence-corrected chi connectivity index (χ0v) is 13.9. The molecule has 4 nitrogen and oxygen atoms in total. The summed E-state index contributed by atoms with van der Waals surface area (Å²) in [5.41, 5.74) is 5.01. The first kappa shape index (κ1) is 15.1. The Morgan fingerprint density at radius 1 is 1.36 bits per heavy atom. The highest BCUT2D eigenvalue weighted by molar-refractivity contribution is 5.37. The van der Waals surface area contributed by atoms with Gasteiger partial charge in [-0.25, -0.2) is 0 Å². The summed E-state index contributed by atoms with van der Waals surface area (Å²) in [6.07, 6.45) is 2.27. The van der Waals surface area contributed by atoms with Gasteiger partial charge in [0.2, 0.25) is 0 Å². The first-order chi connectivity index (χ1) is 10.6. The molecule has 2 aromatic rings. The normalized spacial score (nSPS) is 18.1. The maximum Gasteiger partial charge on any atom is 0.123 e. The van der Waals surface area contributed by atoms with Crippen LogP contribution in [0.25, 0.3) is 0 Å². The lowest BCUT2D eigenvalue weighted by atomic mass is 10.0. The van der Waals surface area contributed by atoms with Crippen molar-refractivity contribution in [3.05, 3.63) is 46.8 Å². The molecule has 0 bridgehead atoms. The molecule has 2 heterocycles. The molecule has 0 amide bonds. The van der Waals surface area contributed by atoms with E-state index in [0.29, 0.717) is 6.04 Å². The lowest BCUT2D eigenvalue weighted by Gasteiger charge is -2.20. The highest BCUT2D eigenvalue weighted by Crippen LogP contribution is 2.29. The summed E-state index contributed by atoms with van der Waals surface area (Å²) in [6.45, 7) is 7.31. The number of aryl methyl sites for hydroxylation is 2. The molecule has 0 radical (unpaired) electrons. The second kappa shape index (κ2) is 6.13. The maximum atomic E-state index is 6.02. The van der Waals surface area contributed by atoms with Crippen molar-refractivity contribution in [3.8, 4) is 5.75 Å². The quantitative estimate of drug-likeness (QED) is 0.922. The minimum Gasteiger partial charge on any atom is -0.488 e. The number of nitrogens with one attached hydrogen (secondary N) is 1. The fourth-order valence-electron chi connectivity index (χ4n) is 3.39. The topological polar surface area (TPSA) is 39.1 Å². The van der Waals surface area contributed by atoms with Crippen LogP contribution in [0, 0.1) is 13.8 Å². The number of fused-ring (bicyclic) bond motifs is 1. The lowest BCUT2D eigenvalue weighted by Crippen LogP contribution is -2.33. The number of nitrogens with zero attached hydrogens (tertiary/aromatic N) is 2. The van der Waals surface area contributed by atoms with E-state index in [0.717, 1.165) is 30.8 Å². The van der Waals surface area contributed by atoms with E-state index in [9.17, 15) is 0 Å². The first-order valence-corrected chi connectivity index (χ1v) is 8.08. The Bertz CT molecular complexity index is 637. The maximum absolute atomic E-state index is 6.02. The Morgan fingerprint density at radius 2 is 2.14 bits per heavy atom. The Labute approximate surface area is 132 Å². The number of rotatable bonds is 5. The Balaban J connectivity index is 1.65. The number of hydrogen-bond donors (Lipinski definition) is 1. The van der Waals surface area contributed by atoms with Gasteiger partial charge in [0.25, 0.3) is 0 Å². The zero-order valence-electron chi connectivity index (χ0n) is 13.9. The summed E-state index contributed by atoms with van der Waals surface area (Å²) in [7, 11) is 2.01. The smallest absolute Gasteiger partial charge is 0.123 e. The van der Waals surface area contributed by atoms with Gasteiger partial charge in [-0.05, 0) is 31.9 Å². The summed E-state index contributed by atoms with van der Waals surface area (Å²) < 4.78 is 7.99.